The van der Waals surface area contributed by atoms with Crippen LogP contribution in [0.25, 0.3) is 0 Å². The molecule has 0 atom stereocenters. The number of aryl methyl sites for hydroxylation is 1. The van der Waals surface area contributed by atoms with Crippen LogP contribution >= 0.6 is 0 Å². The Kier molecular flexibility index (Phi) is 2.72. The molecule has 0 saturated heterocycles. The molecule has 0 aliphatic heterocycles. The van der Waals surface area contributed by atoms with Crippen molar-refractivity contribution >= 4 is 16.5 Å². The van der Waals surface area contributed by atoms with E-state index in [2.05, 4.69) is 4.98 Å². The third-order valence-corrected chi connectivity index (χ3v) is 3.58. The Labute approximate surface area is 82.3 Å². The largest absolute Gasteiger partial charge is 0.309 e. The molecule has 0 bridgehead atoms. The van der Waals surface area contributed by atoms with Crippen molar-refractivity contribution in [2.45, 2.75) is 6.92 Å². The molecular formula is C7H11N3O3S. The lowest BCUT2D eigenvalue weighted by molar-refractivity contribution is 0.111. The lowest BCUT2D eigenvalue weighted by atomic mass is 10.5. The zero-order valence-electron chi connectivity index (χ0n) is 8.13. The molecule has 1 rings (SSSR count). The van der Waals surface area contributed by atoms with Crippen LogP contribution in [0.1, 0.15) is 16.3 Å². The molecule has 7 heteroatoms. The van der Waals surface area contributed by atoms with Gasteiger partial charge in [-0.3, -0.25) is 4.79 Å². The molecule has 0 spiro atoms. The van der Waals surface area contributed by atoms with Crippen LogP contribution in [0.5, 0.6) is 0 Å². The highest BCUT2D eigenvalue weighted by molar-refractivity contribution is 7.87. The molecule has 0 aliphatic carbocycles. The average Bonchev–Trinajstić information content (AvgIpc) is 2.46. The summed E-state index contributed by atoms with van der Waals surface area (Å²) in [4.78, 5) is 14.3. The second-order valence-corrected chi connectivity index (χ2v) is 4.89. The number of nitrogens with zero attached hydrogens (tertiary/aromatic N) is 3. The molecule has 1 heterocycles. The van der Waals surface area contributed by atoms with E-state index in [0.29, 0.717) is 6.29 Å². The van der Waals surface area contributed by atoms with E-state index >= 15 is 0 Å². The number of carbonyl (C=O) groups excluding carboxylic acids is 1. The standard InChI is InChI=1S/C7H11N3O3S/c1-6-8-4-7(5-11)10(6)14(12,13)9(2)3/h4-5H,1-3H3. The summed E-state index contributed by atoms with van der Waals surface area (Å²) in [5.41, 5.74) is 0.0243. The summed E-state index contributed by atoms with van der Waals surface area (Å²) in [6.45, 7) is 1.52. The number of imidazole rings is 1. The summed E-state index contributed by atoms with van der Waals surface area (Å²) in [7, 11) is -0.866. The quantitative estimate of drug-likeness (QED) is 0.649. The Balaban J connectivity index is 3.45. The minimum Gasteiger partial charge on any atom is -0.296 e. The normalized spacial score (nSPS) is 12.0. The molecule has 0 aliphatic rings. The van der Waals surface area contributed by atoms with Crippen LogP contribution in [0.3, 0.4) is 0 Å². The lowest BCUT2D eigenvalue weighted by Gasteiger charge is -2.13. The average molecular weight is 217 g/mol. The Morgan fingerprint density at radius 2 is 2.07 bits per heavy atom. The molecule has 1 aromatic heterocycles. The maximum absolute atomic E-state index is 11.7. The maximum atomic E-state index is 11.7. The van der Waals surface area contributed by atoms with E-state index < -0.39 is 10.2 Å². The highest BCUT2D eigenvalue weighted by atomic mass is 32.2. The van der Waals surface area contributed by atoms with Crippen LogP contribution < -0.4 is 0 Å². The van der Waals surface area contributed by atoms with Crippen molar-refractivity contribution in [2.75, 3.05) is 14.1 Å². The van der Waals surface area contributed by atoms with Gasteiger partial charge in [-0.05, 0) is 6.92 Å². The predicted octanol–water partition coefficient (Wildman–Crippen LogP) is -0.341. The van der Waals surface area contributed by atoms with Gasteiger partial charge in [-0.2, -0.15) is 12.7 Å². The van der Waals surface area contributed by atoms with Crippen molar-refractivity contribution in [1.29, 1.82) is 0 Å². The van der Waals surface area contributed by atoms with Crippen LogP contribution in [-0.4, -0.2) is 42.1 Å². The van der Waals surface area contributed by atoms with Crippen LogP contribution in [-0.2, 0) is 10.2 Å². The van der Waals surface area contributed by atoms with Gasteiger partial charge < -0.3 is 0 Å². The third-order valence-electron chi connectivity index (χ3n) is 1.72. The number of aldehydes is 1. The highest BCUT2D eigenvalue weighted by Crippen LogP contribution is 2.08. The van der Waals surface area contributed by atoms with Crippen molar-refractivity contribution in [3.05, 3.63) is 17.7 Å². The number of carbonyl (C=O) groups is 1. The van der Waals surface area contributed by atoms with Crippen molar-refractivity contribution in [3.63, 3.8) is 0 Å². The second kappa shape index (κ2) is 3.50. The minimum atomic E-state index is -3.65. The SMILES string of the molecule is Cc1ncc(C=O)n1S(=O)(=O)N(C)C. The fraction of sp³-hybridized carbons (Fsp3) is 0.429. The van der Waals surface area contributed by atoms with Gasteiger partial charge in [0.05, 0.1) is 6.20 Å². The van der Waals surface area contributed by atoms with Gasteiger partial charge in [-0.1, -0.05) is 0 Å². The molecule has 1 aromatic rings. The van der Waals surface area contributed by atoms with Crippen LogP contribution in [0, 0.1) is 6.92 Å². The van der Waals surface area contributed by atoms with Crippen LogP contribution in [0.4, 0.5) is 0 Å². The first-order valence-corrected chi connectivity index (χ1v) is 5.23. The molecule has 0 unspecified atom stereocenters. The summed E-state index contributed by atoms with van der Waals surface area (Å²) >= 11 is 0. The molecule has 0 N–H and O–H groups in total. The first kappa shape index (κ1) is 10.9. The zero-order chi connectivity index (χ0) is 10.9. The van der Waals surface area contributed by atoms with Gasteiger partial charge in [0.1, 0.15) is 11.5 Å². The van der Waals surface area contributed by atoms with E-state index in [0.717, 1.165) is 8.28 Å². The van der Waals surface area contributed by atoms with Gasteiger partial charge >= 0.3 is 10.2 Å². The van der Waals surface area contributed by atoms with Gasteiger partial charge in [0.2, 0.25) is 0 Å². The fourth-order valence-corrected chi connectivity index (χ4v) is 2.06. The van der Waals surface area contributed by atoms with E-state index in [-0.39, 0.29) is 11.5 Å². The van der Waals surface area contributed by atoms with Gasteiger partial charge in [0.25, 0.3) is 0 Å². The molecule has 0 fully saturated rings. The second-order valence-electron chi connectivity index (χ2n) is 2.90. The van der Waals surface area contributed by atoms with Crippen molar-refractivity contribution < 1.29 is 13.2 Å². The molecule has 0 radical (unpaired) electrons. The Bertz CT molecular complexity index is 447. The monoisotopic (exact) mass is 217 g/mol. The topological polar surface area (TPSA) is 72.3 Å². The Hall–Kier alpha value is -1.21. The van der Waals surface area contributed by atoms with E-state index in [1.165, 1.54) is 27.2 Å². The summed E-state index contributed by atoms with van der Waals surface area (Å²) in [5.74, 6) is 0.265. The third kappa shape index (κ3) is 1.55. The van der Waals surface area contributed by atoms with E-state index in [1.807, 2.05) is 0 Å². The van der Waals surface area contributed by atoms with Crippen LogP contribution in [0.15, 0.2) is 6.20 Å². The van der Waals surface area contributed by atoms with E-state index in [9.17, 15) is 13.2 Å². The molecular weight excluding hydrogens is 206 g/mol. The van der Waals surface area contributed by atoms with Crippen molar-refractivity contribution in [1.82, 2.24) is 13.3 Å². The van der Waals surface area contributed by atoms with Crippen LogP contribution in [0.2, 0.25) is 0 Å². The molecule has 6 nitrogen and oxygen atoms in total. The zero-order valence-corrected chi connectivity index (χ0v) is 8.95. The number of hydrogen-bond donors (Lipinski definition) is 0. The number of rotatable bonds is 3. The van der Waals surface area contributed by atoms with Crippen molar-refractivity contribution in [2.24, 2.45) is 0 Å². The molecule has 0 amide bonds. The van der Waals surface area contributed by atoms with E-state index in [4.69, 9.17) is 0 Å². The number of aromatic nitrogens is 2. The first-order valence-electron chi connectivity index (χ1n) is 3.83. The summed E-state index contributed by atoms with van der Waals surface area (Å²) in [5, 5.41) is 0. The van der Waals surface area contributed by atoms with Gasteiger partial charge in [-0.25, -0.2) is 8.96 Å². The number of hydrogen-bond acceptors (Lipinski definition) is 4. The van der Waals surface area contributed by atoms with Gasteiger partial charge in [0, 0.05) is 14.1 Å². The summed E-state index contributed by atoms with van der Waals surface area (Å²) in [6.07, 6.45) is 1.68. The van der Waals surface area contributed by atoms with E-state index in [1.54, 1.807) is 0 Å². The summed E-state index contributed by atoms with van der Waals surface area (Å²) < 4.78 is 25.3. The first-order chi connectivity index (χ1) is 6.41. The molecule has 0 aromatic carbocycles. The van der Waals surface area contributed by atoms with Gasteiger partial charge in [0.15, 0.2) is 6.29 Å². The summed E-state index contributed by atoms with van der Waals surface area (Å²) in [6, 6.07) is 0. The Morgan fingerprint density at radius 3 is 2.50 bits per heavy atom. The van der Waals surface area contributed by atoms with Crippen molar-refractivity contribution in [3.8, 4) is 0 Å². The highest BCUT2D eigenvalue weighted by Gasteiger charge is 2.21. The minimum absolute atomic E-state index is 0.0243. The maximum Gasteiger partial charge on any atom is 0.309 e. The Morgan fingerprint density at radius 1 is 1.50 bits per heavy atom. The molecule has 14 heavy (non-hydrogen) atoms. The fourth-order valence-electron chi connectivity index (χ4n) is 0.993. The smallest absolute Gasteiger partial charge is 0.296 e. The molecule has 78 valence electrons. The lowest BCUT2D eigenvalue weighted by Crippen LogP contribution is -2.30. The van der Waals surface area contributed by atoms with Gasteiger partial charge in [-0.15, -0.1) is 0 Å². The molecule has 0 saturated carbocycles. The predicted molar refractivity (Wildman–Crippen MR) is 50.4 cm³/mol.